The third-order valence-electron chi connectivity index (χ3n) is 16.0. The van der Waals surface area contributed by atoms with E-state index in [1.165, 1.54) is 11.3 Å². The summed E-state index contributed by atoms with van der Waals surface area (Å²) in [6.07, 6.45) is 7.58. The van der Waals surface area contributed by atoms with E-state index < -0.39 is 50.3 Å². The smallest absolute Gasteiger partial charge is 0.471 e. The molecular weight excluding hydrogens is 1010 g/mol. The van der Waals surface area contributed by atoms with Crippen molar-refractivity contribution >= 4 is 66.1 Å². The predicted molar refractivity (Wildman–Crippen MR) is 283 cm³/mol. The minimum absolute atomic E-state index is 0.111. The van der Waals surface area contributed by atoms with Crippen molar-refractivity contribution in [2.45, 2.75) is 97.0 Å². The number of benzene rings is 1. The zero-order chi connectivity index (χ0) is 54.2. The summed E-state index contributed by atoms with van der Waals surface area (Å²) in [7, 11) is -3.45. The van der Waals surface area contributed by atoms with E-state index in [1.807, 2.05) is 36.5 Å². The van der Waals surface area contributed by atoms with E-state index in [2.05, 4.69) is 59.8 Å². The molecule has 4 N–H and O–H groups in total. The number of imide groups is 2. The van der Waals surface area contributed by atoms with Gasteiger partial charge in [-0.2, -0.15) is 0 Å². The van der Waals surface area contributed by atoms with Crippen LogP contribution in [0.5, 0.6) is 5.88 Å². The molecule has 3 fully saturated rings. The molecule has 404 valence electrons. The quantitative estimate of drug-likeness (QED) is 0.0863. The number of anilines is 5. The Bertz CT molecular complexity index is 3260. The van der Waals surface area contributed by atoms with E-state index in [9.17, 15) is 33.6 Å². The second kappa shape index (κ2) is 20.1. The van der Waals surface area contributed by atoms with Gasteiger partial charge in [0.15, 0.2) is 0 Å². The van der Waals surface area contributed by atoms with Gasteiger partial charge in [0.05, 0.1) is 36.2 Å². The average Bonchev–Trinajstić information content (AvgIpc) is 4.01. The SMILES string of the molecule is COc1ncc(-c2ccnc(N3CCn4c(cc5c4CC(C)(C)C5)C3=O)c2[C@H](C)O)cc1Nc1ccc(N2CCN(C3CCN(c4ccc5c(c4)C(=O)N([C@H]4CCC(=O)N(COP(=O)(O)O)C4=O)C5=O)CC3)C[C@@H]2C)cn1. The molecule has 6 aliphatic rings. The van der Waals surface area contributed by atoms with Gasteiger partial charge in [-0.15, -0.1) is 0 Å². The summed E-state index contributed by atoms with van der Waals surface area (Å²) in [6, 6.07) is 14.0. The number of fused-ring (bicyclic) bond motifs is 4. The van der Waals surface area contributed by atoms with Crippen LogP contribution in [0.4, 0.5) is 28.7 Å². The van der Waals surface area contributed by atoms with E-state index in [4.69, 9.17) is 19.5 Å². The van der Waals surface area contributed by atoms with Crippen LogP contribution >= 0.6 is 7.82 Å². The molecule has 5 aliphatic heterocycles. The largest absolute Gasteiger partial charge is 0.480 e. The lowest BCUT2D eigenvalue weighted by Gasteiger charge is -2.46. The molecule has 3 saturated heterocycles. The Morgan fingerprint density at radius 3 is 2.31 bits per heavy atom. The third kappa shape index (κ3) is 9.75. The number of carbonyl (C=O) groups is 5. The molecule has 1 aromatic carbocycles. The van der Waals surface area contributed by atoms with Gasteiger partial charge >= 0.3 is 7.82 Å². The van der Waals surface area contributed by atoms with Gasteiger partial charge in [0, 0.05) is 99.2 Å². The molecule has 0 unspecified atom stereocenters. The van der Waals surface area contributed by atoms with Crippen LogP contribution in [-0.4, -0.2) is 150 Å². The Labute approximate surface area is 444 Å². The Kier molecular flexibility index (Phi) is 13.5. The van der Waals surface area contributed by atoms with Gasteiger partial charge in [-0.1, -0.05) is 13.8 Å². The summed E-state index contributed by atoms with van der Waals surface area (Å²) in [5.74, 6) is -1.76. The number of nitrogens with zero attached hydrogens (tertiary/aromatic N) is 10. The molecule has 5 aromatic rings. The standard InChI is InChI=1S/C54H62N11O11P/c1-31-29-60(35-13-16-59(17-14-35)36-6-8-39-40(24-36)51(69)65(50(39)68)42-9-11-46(67)64(52(42)70)30-76-77(72,73)74)18-19-61(31)37-7-10-45(56-28-37)58-41-22-34(27-57-49(41)75-5)38-12-15-55-48(47(38)32(2)66)63-21-20-62-43(53(63)71)23-33-25-54(3,4)26-44(33)62/h6-8,10,12,15,22-24,27-28,31-32,35,42,66H,9,11,13-14,16-21,25-26,29-30H2,1-5H3,(H,56,58)(H2,72,73,74)/t31-,32-,42-/m0/s1. The number of amides is 5. The first-order chi connectivity index (χ1) is 36.8. The fraction of sp³-hybridized carbons (Fsp3) is 0.444. The maximum atomic E-state index is 14.1. The van der Waals surface area contributed by atoms with Crippen molar-refractivity contribution < 1.29 is 52.7 Å². The number of likely N-dealkylation sites (tertiary alicyclic amines) is 1. The van der Waals surface area contributed by atoms with E-state index in [-0.39, 0.29) is 41.3 Å². The van der Waals surface area contributed by atoms with Crippen LogP contribution in [0.2, 0.25) is 0 Å². The number of hydrogen-bond acceptors (Lipinski definition) is 16. The number of phosphoric ester groups is 1. The molecule has 4 aromatic heterocycles. The zero-order valence-corrected chi connectivity index (χ0v) is 44.5. The van der Waals surface area contributed by atoms with Gasteiger partial charge in [-0.05, 0) is 111 Å². The lowest BCUT2D eigenvalue weighted by atomic mass is 9.90. The molecule has 23 heteroatoms. The van der Waals surface area contributed by atoms with E-state index in [0.29, 0.717) is 69.6 Å². The van der Waals surface area contributed by atoms with Gasteiger partial charge < -0.3 is 39.3 Å². The van der Waals surface area contributed by atoms with Crippen LogP contribution in [0.15, 0.2) is 67.1 Å². The maximum Gasteiger partial charge on any atom is 0.471 e. The number of methoxy groups -OCH3 is 1. The number of aliphatic hydroxyl groups is 1. The number of nitrogens with one attached hydrogen (secondary N) is 1. The van der Waals surface area contributed by atoms with Crippen LogP contribution in [0, 0.1) is 5.41 Å². The molecule has 11 rings (SSSR count). The maximum absolute atomic E-state index is 14.1. The summed E-state index contributed by atoms with van der Waals surface area (Å²) in [6.45, 7) is 12.5. The molecule has 22 nitrogen and oxygen atoms in total. The lowest BCUT2D eigenvalue weighted by molar-refractivity contribution is -0.155. The van der Waals surface area contributed by atoms with Crippen LogP contribution < -0.4 is 24.8 Å². The van der Waals surface area contributed by atoms with Gasteiger partial charge in [0.1, 0.15) is 35.8 Å². The molecule has 1 aliphatic carbocycles. The minimum Gasteiger partial charge on any atom is -0.480 e. The highest BCUT2D eigenvalue weighted by Crippen LogP contribution is 2.43. The molecule has 9 heterocycles. The molecule has 77 heavy (non-hydrogen) atoms. The fourth-order valence-electron chi connectivity index (χ4n) is 12.3. The second-order valence-electron chi connectivity index (χ2n) is 21.6. The number of aromatic nitrogens is 4. The summed E-state index contributed by atoms with van der Waals surface area (Å²) in [4.78, 5) is 110. The summed E-state index contributed by atoms with van der Waals surface area (Å²) >= 11 is 0. The van der Waals surface area contributed by atoms with Crippen molar-refractivity contribution in [1.29, 1.82) is 0 Å². The number of aliphatic hydroxyl groups excluding tert-OH is 1. The lowest BCUT2D eigenvalue weighted by Crippen LogP contribution is -2.57. The topological polar surface area (TPSA) is 257 Å². The first kappa shape index (κ1) is 52.0. The van der Waals surface area contributed by atoms with E-state index in [0.717, 1.165) is 74.7 Å². The normalized spacial score (nSPS) is 21.5. The number of hydrogen-bond donors (Lipinski definition) is 4. The van der Waals surface area contributed by atoms with Crippen molar-refractivity contribution in [1.82, 2.24) is 34.2 Å². The predicted octanol–water partition coefficient (Wildman–Crippen LogP) is 5.29. The highest BCUT2D eigenvalue weighted by molar-refractivity contribution is 7.46. The molecule has 5 amide bonds. The molecule has 3 atom stereocenters. The van der Waals surface area contributed by atoms with Gasteiger partial charge in [-0.3, -0.25) is 48.1 Å². The van der Waals surface area contributed by atoms with Crippen LogP contribution in [0.3, 0.4) is 0 Å². The van der Waals surface area contributed by atoms with Crippen LogP contribution in [0.25, 0.3) is 11.1 Å². The summed E-state index contributed by atoms with van der Waals surface area (Å²) in [5, 5.41) is 14.7. The molecule has 0 radical (unpaired) electrons. The first-order valence-corrected chi connectivity index (χ1v) is 27.6. The third-order valence-corrected chi connectivity index (χ3v) is 16.5. The Morgan fingerprint density at radius 2 is 1.60 bits per heavy atom. The number of ether oxygens (including phenoxy) is 1. The Morgan fingerprint density at radius 1 is 0.831 bits per heavy atom. The monoisotopic (exact) mass is 1070 g/mol. The van der Waals surface area contributed by atoms with Gasteiger partial charge in [-0.25, -0.2) is 19.5 Å². The molecule has 0 spiro atoms. The second-order valence-corrected chi connectivity index (χ2v) is 22.9. The number of pyridine rings is 3. The number of phosphoric acid groups is 1. The van der Waals surface area contributed by atoms with Gasteiger partial charge in [0.25, 0.3) is 23.6 Å². The number of piperazine rings is 1. The average molecular weight is 1070 g/mol. The van der Waals surface area contributed by atoms with Crippen molar-refractivity contribution in [2.24, 2.45) is 5.41 Å². The Balaban J connectivity index is 0.708. The highest BCUT2D eigenvalue weighted by atomic mass is 31.2. The van der Waals surface area contributed by atoms with Crippen LogP contribution in [-0.2, 0) is 38.1 Å². The Hall–Kier alpha value is -7.07. The summed E-state index contributed by atoms with van der Waals surface area (Å²) < 4.78 is 23.5. The van der Waals surface area contributed by atoms with Crippen molar-refractivity contribution in [2.75, 3.05) is 73.1 Å². The highest BCUT2D eigenvalue weighted by Gasteiger charge is 2.48. The van der Waals surface area contributed by atoms with E-state index in [1.54, 1.807) is 49.5 Å². The van der Waals surface area contributed by atoms with Crippen molar-refractivity contribution in [3.8, 4) is 17.0 Å². The fourth-order valence-corrected chi connectivity index (χ4v) is 12.6. The van der Waals surface area contributed by atoms with Crippen LogP contribution in [0.1, 0.15) is 108 Å². The number of rotatable bonds is 13. The molecule has 0 saturated carbocycles. The molecular formula is C54H62N11O11P. The van der Waals surface area contributed by atoms with Crippen molar-refractivity contribution in [3.05, 3.63) is 101 Å². The first-order valence-electron chi connectivity index (χ1n) is 26.1. The number of piperidine rings is 2. The van der Waals surface area contributed by atoms with Crippen molar-refractivity contribution in [3.63, 3.8) is 0 Å². The van der Waals surface area contributed by atoms with Gasteiger partial charge in [0.2, 0.25) is 11.8 Å². The summed E-state index contributed by atoms with van der Waals surface area (Å²) in [5.41, 5.74) is 7.87. The minimum atomic E-state index is -5.01. The van der Waals surface area contributed by atoms with E-state index >= 15 is 0 Å². The zero-order valence-electron chi connectivity index (χ0n) is 43.6. The molecule has 0 bridgehead atoms. The number of carbonyl (C=O) groups excluding carboxylic acids is 5.